The minimum Gasteiger partial charge on any atom is -0.376 e. The van der Waals surface area contributed by atoms with Gasteiger partial charge >= 0.3 is 0 Å². The van der Waals surface area contributed by atoms with Gasteiger partial charge in [0.2, 0.25) is 5.91 Å². The second kappa shape index (κ2) is 6.99. The third kappa shape index (κ3) is 2.95. The van der Waals surface area contributed by atoms with Crippen molar-refractivity contribution in [1.82, 2.24) is 20.0 Å². The van der Waals surface area contributed by atoms with Gasteiger partial charge in [-0.3, -0.25) is 14.7 Å². The number of aryl methyl sites for hydroxylation is 1. The highest BCUT2D eigenvalue weighted by atomic mass is 16.5. The van der Waals surface area contributed by atoms with Crippen LogP contribution in [0.5, 0.6) is 0 Å². The van der Waals surface area contributed by atoms with E-state index in [1.807, 2.05) is 21.9 Å². The van der Waals surface area contributed by atoms with Crippen molar-refractivity contribution in [2.24, 2.45) is 11.8 Å². The van der Waals surface area contributed by atoms with Crippen LogP contribution in [0.15, 0.2) is 24.3 Å². The Bertz CT molecular complexity index is 969. The molecule has 4 heterocycles. The number of hydrogen-bond donors (Lipinski definition) is 1. The van der Waals surface area contributed by atoms with Gasteiger partial charge in [0, 0.05) is 56.1 Å². The van der Waals surface area contributed by atoms with E-state index in [1.165, 1.54) is 11.1 Å². The van der Waals surface area contributed by atoms with Crippen LogP contribution < -0.4 is 0 Å². The summed E-state index contributed by atoms with van der Waals surface area (Å²) in [5.41, 5.74) is 4.79. The molecule has 3 atom stereocenters. The molecule has 2 amide bonds. The first-order valence-corrected chi connectivity index (χ1v) is 10.3. The monoisotopic (exact) mass is 394 g/mol. The van der Waals surface area contributed by atoms with Crippen molar-refractivity contribution in [1.29, 1.82) is 0 Å². The lowest BCUT2D eigenvalue weighted by Crippen LogP contribution is -2.37. The molecule has 0 radical (unpaired) electrons. The largest absolute Gasteiger partial charge is 0.376 e. The number of aromatic amines is 1. The molecule has 1 aromatic carbocycles. The van der Waals surface area contributed by atoms with Gasteiger partial charge in [-0.2, -0.15) is 5.10 Å². The van der Waals surface area contributed by atoms with Crippen molar-refractivity contribution in [3.63, 3.8) is 0 Å². The number of nitrogens with one attached hydrogen (secondary N) is 1. The Balaban J connectivity index is 1.42. The number of ether oxygens (including phenoxy) is 1. The van der Waals surface area contributed by atoms with Crippen molar-refractivity contribution >= 4 is 11.8 Å². The first-order chi connectivity index (χ1) is 14.0. The van der Waals surface area contributed by atoms with Gasteiger partial charge in [-0.1, -0.05) is 24.3 Å². The first kappa shape index (κ1) is 18.4. The molecular weight excluding hydrogens is 368 g/mol. The maximum atomic E-state index is 13.2. The van der Waals surface area contributed by atoms with Gasteiger partial charge in [0.05, 0.1) is 19.3 Å². The number of amides is 2. The molecule has 1 N–H and O–H groups in total. The second-order valence-electron chi connectivity index (χ2n) is 8.44. The van der Waals surface area contributed by atoms with Gasteiger partial charge in [-0.25, -0.2) is 0 Å². The fraction of sp³-hybridized carbons (Fsp3) is 0.500. The highest BCUT2D eigenvalue weighted by Crippen LogP contribution is 2.46. The first-order valence-electron chi connectivity index (χ1n) is 10.3. The van der Waals surface area contributed by atoms with E-state index in [4.69, 9.17) is 4.74 Å². The number of nitrogens with zero attached hydrogens (tertiary/aromatic N) is 3. The molecule has 7 heteroatoms. The van der Waals surface area contributed by atoms with E-state index < -0.39 is 0 Å². The van der Waals surface area contributed by atoms with E-state index in [0.717, 1.165) is 17.7 Å². The van der Waals surface area contributed by atoms with E-state index in [9.17, 15) is 9.59 Å². The Labute approximate surface area is 170 Å². The van der Waals surface area contributed by atoms with Gasteiger partial charge in [0.15, 0.2) is 5.69 Å². The van der Waals surface area contributed by atoms with Crippen LogP contribution in [0.1, 0.15) is 45.8 Å². The number of rotatable bonds is 2. The lowest BCUT2D eigenvalue weighted by Gasteiger charge is -2.30. The minimum absolute atomic E-state index is 0.0212. The number of aromatic nitrogens is 2. The van der Waals surface area contributed by atoms with Crippen molar-refractivity contribution in [2.45, 2.75) is 32.9 Å². The quantitative estimate of drug-likeness (QED) is 0.846. The smallest absolute Gasteiger partial charge is 0.274 e. The van der Waals surface area contributed by atoms with Crippen molar-refractivity contribution in [3.8, 4) is 0 Å². The average Bonchev–Trinajstić information content (AvgIpc) is 3.40. The summed E-state index contributed by atoms with van der Waals surface area (Å²) in [5, 5.41) is 7.32. The van der Waals surface area contributed by atoms with Crippen LogP contribution in [0.2, 0.25) is 0 Å². The molecule has 3 aliphatic rings. The summed E-state index contributed by atoms with van der Waals surface area (Å²) in [6.07, 6.45) is 0.768. The Morgan fingerprint density at radius 3 is 2.83 bits per heavy atom. The van der Waals surface area contributed by atoms with Crippen LogP contribution in [-0.4, -0.2) is 58.1 Å². The summed E-state index contributed by atoms with van der Waals surface area (Å²) < 4.78 is 5.54. The zero-order valence-corrected chi connectivity index (χ0v) is 16.9. The Morgan fingerprint density at radius 2 is 2.03 bits per heavy atom. The number of carbonyl (C=O) groups excluding carboxylic acids is 2. The van der Waals surface area contributed by atoms with E-state index >= 15 is 0 Å². The average molecular weight is 394 g/mol. The summed E-state index contributed by atoms with van der Waals surface area (Å²) in [6.45, 7) is 6.85. The number of H-pyrrole nitrogens is 1. The summed E-state index contributed by atoms with van der Waals surface area (Å²) in [4.78, 5) is 29.5. The molecule has 5 rings (SSSR count). The molecule has 0 unspecified atom stereocenters. The molecule has 29 heavy (non-hydrogen) atoms. The Morgan fingerprint density at radius 1 is 1.21 bits per heavy atom. The molecule has 0 spiro atoms. The number of likely N-dealkylation sites (tertiary alicyclic amines) is 2. The maximum Gasteiger partial charge on any atom is 0.274 e. The molecule has 3 aliphatic heterocycles. The van der Waals surface area contributed by atoms with Gasteiger partial charge in [-0.05, 0) is 18.1 Å². The molecule has 0 aliphatic carbocycles. The number of hydrogen-bond acceptors (Lipinski definition) is 4. The maximum absolute atomic E-state index is 13.2. The number of benzene rings is 1. The lowest BCUT2D eigenvalue weighted by atomic mass is 9.87. The standard InChI is InChI=1S/C22H26N4O3/c1-13-5-3-4-6-16(13)21-17-11-25(9-15(17)10-26(21)14(2)27)22(28)20-18-12-29-8-7-19(18)23-24-20/h3-6,15,17,21H,7-12H2,1-2H3,(H,23,24)/t15-,17-,21+/m1/s1. The van der Waals surface area contributed by atoms with Crippen LogP contribution >= 0.6 is 0 Å². The molecule has 7 nitrogen and oxygen atoms in total. The SMILES string of the molecule is CC(=O)N1C[C@H]2CN(C(=O)c3n[nH]c4c3COCC4)C[C@H]2[C@@H]1c1ccccc1C. The van der Waals surface area contributed by atoms with Gasteiger partial charge in [0.25, 0.3) is 5.91 Å². The normalized spacial score (nSPS) is 25.8. The summed E-state index contributed by atoms with van der Waals surface area (Å²) in [5.74, 6) is 0.609. The van der Waals surface area contributed by atoms with E-state index in [1.54, 1.807) is 6.92 Å². The van der Waals surface area contributed by atoms with Crippen LogP contribution in [0, 0.1) is 18.8 Å². The molecule has 0 bridgehead atoms. The third-order valence-corrected chi connectivity index (χ3v) is 6.76. The Kier molecular flexibility index (Phi) is 4.42. The van der Waals surface area contributed by atoms with E-state index in [-0.39, 0.29) is 23.8 Å². The van der Waals surface area contributed by atoms with Crippen LogP contribution in [-0.2, 0) is 22.6 Å². The number of carbonyl (C=O) groups is 2. The van der Waals surface area contributed by atoms with E-state index in [2.05, 4.69) is 29.3 Å². The summed E-state index contributed by atoms with van der Waals surface area (Å²) in [6, 6.07) is 8.28. The van der Waals surface area contributed by atoms with Crippen molar-refractivity contribution in [2.75, 3.05) is 26.2 Å². The third-order valence-electron chi connectivity index (χ3n) is 6.76. The van der Waals surface area contributed by atoms with Gasteiger partial charge in [-0.15, -0.1) is 0 Å². The molecular formula is C22H26N4O3. The molecule has 2 aromatic rings. The highest BCUT2D eigenvalue weighted by molar-refractivity contribution is 5.94. The topological polar surface area (TPSA) is 78.5 Å². The van der Waals surface area contributed by atoms with Crippen LogP contribution in [0.3, 0.4) is 0 Å². The zero-order valence-electron chi connectivity index (χ0n) is 16.9. The fourth-order valence-corrected chi connectivity index (χ4v) is 5.29. The lowest BCUT2D eigenvalue weighted by molar-refractivity contribution is -0.130. The second-order valence-corrected chi connectivity index (χ2v) is 8.44. The van der Waals surface area contributed by atoms with Crippen molar-refractivity contribution < 1.29 is 14.3 Å². The van der Waals surface area contributed by atoms with Gasteiger partial charge < -0.3 is 14.5 Å². The van der Waals surface area contributed by atoms with Gasteiger partial charge in [0.1, 0.15) is 0 Å². The van der Waals surface area contributed by atoms with Crippen LogP contribution in [0.25, 0.3) is 0 Å². The molecule has 2 fully saturated rings. The molecule has 0 saturated carbocycles. The fourth-order valence-electron chi connectivity index (χ4n) is 5.29. The van der Waals surface area contributed by atoms with E-state index in [0.29, 0.717) is 44.5 Å². The molecule has 1 aromatic heterocycles. The minimum atomic E-state index is -0.0275. The molecule has 152 valence electrons. The summed E-state index contributed by atoms with van der Waals surface area (Å²) >= 11 is 0. The summed E-state index contributed by atoms with van der Waals surface area (Å²) in [7, 11) is 0. The number of fused-ring (bicyclic) bond motifs is 2. The predicted octanol–water partition coefficient (Wildman–Crippen LogP) is 2.08. The zero-order chi connectivity index (χ0) is 20.1. The van der Waals surface area contributed by atoms with Crippen LogP contribution in [0.4, 0.5) is 0 Å². The van der Waals surface area contributed by atoms with Crippen molar-refractivity contribution in [3.05, 3.63) is 52.3 Å². The Hall–Kier alpha value is -2.67. The highest BCUT2D eigenvalue weighted by Gasteiger charge is 2.50. The predicted molar refractivity (Wildman–Crippen MR) is 106 cm³/mol. The molecule has 2 saturated heterocycles.